The van der Waals surface area contributed by atoms with E-state index in [-0.39, 0.29) is 41.7 Å². The van der Waals surface area contributed by atoms with E-state index >= 15 is 0 Å². The summed E-state index contributed by atoms with van der Waals surface area (Å²) in [6, 6.07) is -0.254. The van der Waals surface area contributed by atoms with Gasteiger partial charge in [-0.2, -0.15) is 0 Å². The SMILES string of the molecule is CC(C)(C)CC(=O)N1CCCC1C(=O)NC(CN)C1CCCCC1.Cl. The van der Waals surface area contributed by atoms with Gasteiger partial charge in [0.05, 0.1) is 0 Å². The summed E-state index contributed by atoms with van der Waals surface area (Å²) in [4.78, 5) is 27.1. The Morgan fingerprint density at radius 2 is 1.76 bits per heavy atom. The fraction of sp³-hybridized carbons (Fsp3) is 0.895. The van der Waals surface area contributed by atoms with Gasteiger partial charge in [0.25, 0.3) is 0 Å². The zero-order chi connectivity index (χ0) is 17.7. The maximum absolute atomic E-state index is 12.8. The van der Waals surface area contributed by atoms with Crippen LogP contribution in [0.25, 0.3) is 0 Å². The molecule has 0 aromatic carbocycles. The van der Waals surface area contributed by atoms with Crippen LogP contribution in [0, 0.1) is 11.3 Å². The molecule has 2 fully saturated rings. The summed E-state index contributed by atoms with van der Waals surface area (Å²) < 4.78 is 0. The number of hydrogen-bond acceptors (Lipinski definition) is 3. The Bertz CT molecular complexity index is 444. The molecule has 1 aliphatic carbocycles. The lowest BCUT2D eigenvalue weighted by molar-refractivity contribution is -0.140. The van der Waals surface area contributed by atoms with Crippen molar-refractivity contribution in [3.8, 4) is 0 Å². The van der Waals surface area contributed by atoms with E-state index in [1.54, 1.807) is 4.90 Å². The predicted molar refractivity (Wildman–Crippen MR) is 104 cm³/mol. The third kappa shape index (κ3) is 6.45. The number of hydrogen-bond donors (Lipinski definition) is 2. The molecule has 2 rings (SSSR count). The van der Waals surface area contributed by atoms with Crippen molar-refractivity contribution in [2.24, 2.45) is 17.1 Å². The fourth-order valence-corrected chi connectivity index (χ4v) is 4.08. The second-order valence-corrected chi connectivity index (χ2v) is 8.73. The van der Waals surface area contributed by atoms with Crippen LogP contribution in [-0.2, 0) is 9.59 Å². The highest BCUT2D eigenvalue weighted by Gasteiger charge is 2.36. The lowest BCUT2D eigenvalue weighted by Gasteiger charge is -2.33. The van der Waals surface area contributed by atoms with Crippen molar-refractivity contribution in [1.82, 2.24) is 10.2 Å². The van der Waals surface area contributed by atoms with E-state index in [4.69, 9.17) is 5.73 Å². The molecule has 1 aliphatic heterocycles. The van der Waals surface area contributed by atoms with E-state index in [0.29, 0.717) is 25.4 Å². The number of likely N-dealkylation sites (tertiary alicyclic amines) is 1. The molecule has 0 aromatic heterocycles. The smallest absolute Gasteiger partial charge is 0.243 e. The molecule has 2 amide bonds. The van der Waals surface area contributed by atoms with Crippen LogP contribution in [0.2, 0.25) is 0 Å². The number of nitrogens with two attached hydrogens (primary N) is 1. The molecule has 2 unspecified atom stereocenters. The van der Waals surface area contributed by atoms with Crippen LogP contribution in [-0.4, -0.2) is 41.9 Å². The fourth-order valence-electron chi connectivity index (χ4n) is 4.08. The van der Waals surface area contributed by atoms with Crippen LogP contribution in [0.4, 0.5) is 0 Å². The Morgan fingerprint density at radius 3 is 2.32 bits per heavy atom. The number of nitrogens with one attached hydrogen (secondary N) is 1. The average molecular weight is 374 g/mol. The summed E-state index contributed by atoms with van der Waals surface area (Å²) in [5.41, 5.74) is 5.88. The zero-order valence-corrected chi connectivity index (χ0v) is 16.9. The van der Waals surface area contributed by atoms with Crippen molar-refractivity contribution < 1.29 is 9.59 Å². The minimum absolute atomic E-state index is 0. The maximum Gasteiger partial charge on any atom is 0.243 e. The van der Waals surface area contributed by atoms with Crippen molar-refractivity contribution in [3.05, 3.63) is 0 Å². The Morgan fingerprint density at radius 1 is 1.12 bits per heavy atom. The molecular weight excluding hydrogens is 338 g/mol. The second-order valence-electron chi connectivity index (χ2n) is 8.73. The third-order valence-electron chi connectivity index (χ3n) is 5.36. The van der Waals surface area contributed by atoms with Crippen molar-refractivity contribution in [2.45, 2.75) is 84.2 Å². The monoisotopic (exact) mass is 373 g/mol. The molecule has 2 atom stereocenters. The highest BCUT2D eigenvalue weighted by molar-refractivity contribution is 5.88. The maximum atomic E-state index is 12.8. The molecule has 6 heteroatoms. The van der Waals surface area contributed by atoms with Gasteiger partial charge >= 0.3 is 0 Å². The number of rotatable bonds is 5. The number of halogens is 1. The molecule has 1 saturated heterocycles. The molecule has 25 heavy (non-hydrogen) atoms. The van der Waals surface area contributed by atoms with E-state index in [2.05, 4.69) is 26.1 Å². The summed E-state index contributed by atoms with van der Waals surface area (Å²) in [5.74, 6) is 0.589. The topological polar surface area (TPSA) is 75.4 Å². The Labute approximate surface area is 158 Å². The quantitative estimate of drug-likeness (QED) is 0.778. The van der Waals surface area contributed by atoms with E-state index < -0.39 is 0 Å². The van der Waals surface area contributed by atoms with Gasteiger partial charge in [0.2, 0.25) is 11.8 Å². The summed E-state index contributed by atoms with van der Waals surface area (Å²) in [5, 5.41) is 3.17. The van der Waals surface area contributed by atoms with Crippen LogP contribution >= 0.6 is 12.4 Å². The first-order valence-electron chi connectivity index (χ1n) is 9.62. The van der Waals surface area contributed by atoms with Crippen molar-refractivity contribution in [3.63, 3.8) is 0 Å². The van der Waals surface area contributed by atoms with Crippen molar-refractivity contribution in [1.29, 1.82) is 0 Å². The molecule has 0 spiro atoms. The molecule has 0 radical (unpaired) electrons. The minimum atomic E-state index is -0.308. The van der Waals surface area contributed by atoms with Gasteiger partial charge in [0.1, 0.15) is 6.04 Å². The van der Waals surface area contributed by atoms with Gasteiger partial charge in [0, 0.05) is 25.6 Å². The van der Waals surface area contributed by atoms with Gasteiger partial charge < -0.3 is 16.0 Å². The Hall–Kier alpha value is -0.810. The first kappa shape index (κ1) is 22.2. The summed E-state index contributed by atoms with van der Waals surface area (Å²) in [6.07, 6.45) is 8.22. The molecule has 1 saturated carbocycles. The van der Waals surface area contributed by atoms with Crippen LogP contribution in [0.15, 0.2) is 0 Å². The van der Waals surface area contributed by atoms with Gasteiger partial charge in [-0.3, -0.25) is 9.59 Å². The minimum Gasteiger partial charge on any atom is -0.350 e. The van der Waals surface area contributed by atoms with Gasteiger partial charge in [-0.15, -0.1) is 12.4 Å². The third-order valence-corrected chi connectivity index (χ3v) is 5.36. The number of amides is 2. The normalized spacial score (nSPS) is 23.0. The van der Waals surface area contributed by atoms with Crippen molar-refractivity contribution in [2.75, 3.05) is 13.1 Å². The average Bonchev–Trinajstić information content (AvgIpc) is 3.01. The second kappa shape index (κ2) is 9.77. The molecule has 2 aliphatic rings. The lowest BCUT2D eigenvalue weighted by atomic mass is 9.83. The first-order chi connectivity index (χ1) is 11.3. The first-order valence-corrected chi connectivity index (χ1v) is 9.62. The van der Waals surface area contributed by atoms with E-state index in [0.717, 1.165) is 25.7 Å². The van der Waals surface area contributed by atoms with Gasteiger partial charge in [-0.25, -0.2) is 0 Å². The highest BCUT2D eigenvalue weighted by atomic mass is 35.5. The van der Waals surface area contributed by atoms with Crippen LogP contribution in [0.5, 0.6) is 0 Å². The van der Waals surface area contributed by atoms with Gasteiger partial charge in [0.15, 0.2) is 0 Å². The summed E-state index contributed by atoms with van der Waals surface area (Å²) in [7, 11) is 0. The molecule has 1 heterocycles. The molecule has 146 valence electrons. The predicted octanol–water partition coefficient (Wildman–Crippen LogP) is 2.86. The lowest BCUT2D eigenvalue weighted by Crippen LogP contribution is -2.53. The van der Waals surface area contributed by atoms with Crippen LogP contribution < -0.4 is 11.1 Å². The number of carbonyl (C=O) groups is 2. The highest BCUT2D eigenvalue weighted by Crippen LogP contribution is 2.28. The standard InChI is InChI=1S/C19H35N3O2.ClH/c1-19(2,3)12-17(23)22-11-7-10-16(22)18(24)21-15(13-20)14-8-5-4-6-9-14;/h14-16H,4-13,20H2,1-3H3,(H,21,24);1H. The van der Waals surface area contributed by atoms with Gasteiger partial charge in [-0.05, 0) is 37.0 Å². The van der Waals surface area contributed by atoms with Crippen LogP contribution in [0.1, 0.15) is 72.1 Å². The Kier molecular flexibility index (Phi) is 8.69. The van der Waals surface area contributed by atoms with Crippen molar-refractivity contribution >= 4 is 24.2 Å². The summed E-state index contributed by atoms with van der Waals surface area (Å²) in [6.45, 7) is 7.36. The van der Waals surface area contributed by atoms with E-state index in [9.17, 15) is 9.59 Å². The summed E-state index contributed by atoms with van der Waals surface area (Å²) >= 11 is 0. The largest absolute Gasteiger partial charge is 0.350 e. The Balaban J connectivity index is 0.00000312. The molecular formula is C19H36ClN3O2. The molecule has 0 bridgehead atoms. The number of nitrogens with zero attached hydrogens (tertiary/aromatic N) is 1. The zero-order valence-electron chi connectivity index (χ0n) is 16.1. The molecule has 0 aromatic rings. The van der Waals surface area contributed by atoms with E-state index in [1.807, 2.05) is 0 Å². The van der Waals surface area contributed by atoms with Crippen LogP contribution in [0.3, 0.4) is 0 Å². The van der Waals surface area contributed by atoms with E-state index in [1.165, 1.54) is 19.3 Å². The molecule has 5 nitrogen and oxygen atoms in total. The molecule has 3 N–H and O–H groups in total. The number of carbonyl (C=O) groups excluding carboxylic acids is 2. The van der Waals surface area contributed by atoms with Gasteiger partial charge in [-0.1, -0.05) is 40.0 Å².